The third-order valence-electron chi connectivity index (χ3n) is 15.4. The first-order valence-corrected chi connectivity index (χ1v) is 23.7. The molecule has 6 aromatic rings. The molecule has 2 heteroatoms. The highest BCUT2D eigenvalue weighted by molar-refractivity contribution is 5.88. The number of anilines is 6. The molecule has 6 aromatic carbocycles. The van der Waals surface area contributed by atoms with Gasteiger partial charge in [-0.1, -0.05) is 139 Å². The molecule has 0 atom stereocenters. The summed E-state index contributed by atoms with van der Waals surface area (Å²) >= 11 is 0. The van der Waals surface area contributed by atoms with Crippen molar-refractivity contribution in [2.75, 3.05) is 9.80 Å². The van der Waals surface area contributed by atoms with Crippen molar-refractivity contribution in [2.45, 2.75) is 156 Å². The van der Waals surface area contributed by atoms with Crippen LogP contribution in [0.5, 0.6) is 0 Å². The lowest BCUT2D eigenvalue weighted by atomic mass is 9.42. The van der Waals surface area contributed by atoms with Crippen molar-refractivity contribution in [3.63, 3.8) is 0 Å². The molecule has 2 nitrogen and oxygen atoms in total. The van der Waals surface area contributed by atoms with E-state index in [1.807, 2.05) is 0 Å². The monoisotopic (exact) mass is 819 g/mol. The van der Waals surface area contributed by atoms with Crippen LogP contribution >= 0.6 is 0 Å². The summed E-state index contributed by atoms with van der Waals surface area (Å²) < 4.78 is 0. The molecule has 0 aliphatic heterocycles. The minimum atomic E-state index is 0.0813. The lowest BCUT2D eigenvalue weighted by molar-refractivity contribution is 0.0791. The lowest BCUT2D eigenvalue weighted by Crippen LogP contribution is -2.55. The summed E-state index contributed by atoms with van der Waals surface area (Å²) in [6.07, 6.45) is 10.2. The largest absolute Gasteiger partial charge is 0.310 e. The van der Waals surface area contributed by atoms with Gasteiger partial charge in [0.05, 0.1) is 11.4 Å². The number of benzene rings is 6. The van der Waals surface area contributed by atoms with Gasteiger partial charge in [-0.15, -0.1) is 0 Å². The van der Waals surface area contributed by atoms with E-state index in [9.17, 15) is 0 Å². The van der Waals surface area contributed by atoms with Gasteiger partial charge in [0.2, 0.25) is 0 Å². The van der Waals surface area contributed by atoms with Crippen molar-refractivity contribution < 1.29 is 0 Å². The number of rotatable bonds is 6. The number of hydrogen-bond acceptors (Lipinski definition) is 2. The van der Waals surface area contributed by atoms with Crippen molar-refractivity contribution in [3.8, 4) is 11.1 Å². The van der Waals surface area contributed by atoms with Gasteiger partial charge < -0.3 is 9.80 Å². The van der Waals surface area contributed by atoms with Crippen LogP contribution < -0.4 is 9.80 Å². The highest BCUT2D eigenvalue weighted by Crippen LogP contribution is 2.67. The van der Waals surface area contributed by atoms with E-state index in [-0.39, 0.29) is 21.7 Å². The Kier molecular flexibility index (Phi) is 10.4. The summed E-state index contributed by atoms with van der Waals surface area (Å²) in [5.41, 5.74) is 24.7. The second-order valence-corrected chi connectivity index (χ2v) is 21.8. The Hall–Kier alpha value is -5.08. The zero-order chi connectivity index (χ0) is 43.9. The van der Waals surface area contributed by atoms with Gasteiger partial charge in [-0.3, -0.25) is 0 Å². The van der Waals surface area contributed by atoms with Crippen LogP contribution in [0.3, 0.4) is 0 Å². The van der Waals surface area contributed by atoms with Gasteiger partial charge in [-0.25, -0.2) is 0 Å². The Labute approximate surface area is 374 Å². The van der Waals surface area contributed by atoms with Gasteiger partial charge >= 0.3 is 0 Å². The van der Waals surface area contributed by atoms with Crippen molar-refractivity contribution in [1.29, 1.82) is 0 Å². The zero-order valence-corrected chi connectivity index (χ0v) is 39.9. The van der Waals surface area contributed by atoms with Crippen molar-refractivity contribution >= 4 is 34.1 Å². The minimum Gasteiger partial charge on any atom is -0.310 e. The fraction of sp³-hybridized carbons (Fsp3) is 0.400. The molecule has 9 rings (SSSR count). The van der Waals surface area contributed by atoms with E-state index >= 15 is 0 Å². The molecule has 2 fully saturated rings. The van der Waals surface area contributed by atoms with Crippen molar-refractivity contribution in [3.05, 3.63) is 165 Å². The fourth-order valence-electron chi connectivity index (χ4n) is 12.3. The van der Waals surface area contributed by atoms with Gasteiger partial charge in [-0.05, 0) is 182 Å². The van der Waals surface area contributed by atoms with Gasteiger partial charge in [0, 0.05) is 33.6 Å². The van der Waals surface area contributed by atoms with E-state index < -0.39 is 0 Å². The Morgan fingerprint density at radius 3 is 0.952 bits per heavy atom. The highest BCUT2D eigenvalue weighted by atomic mass is 15.2. The van der Waals surface area contributed by atoms with Gasteiger partial charge in [-0.2, -0.15) is 0 Å². The predicted molar refractivity (Wildman–Crippen MR) is 267 cm³/mol. The van der Waals surface area contributed by atoms with E-state index in [4.69, 9.17) is 0 Å². The van der Waals surface area contributed by atoms with E-state index in [2.05, 4.69) is 202 Å². The Morgan fingerprint density at radius 1 is 0.371 bits per heavy atom. The first-order chi connectivity index (χ1) is 29.4. The molecule has 320 valence electrons. The summed E-state index contributed by atoms with van der Waals surface area (Å²) in [4.78, 5) is 5.16. The molecule has 0 saturated heterocycles. The molecule has 0 spiro atoms. The van der Waals surface area contributed by atoms with E-state index in [0.717, 1.165) is 0 Å². The van der Waals surface area contributed by atoms with Crippen LogP contribution in [-0.2, 0) is 21.7 Å². The summed E-state index contributed by atoms with van der Waals surface area (Å²) in [5.74, 6) is 0. The Balaban J connectivity index is 1.27. The van der Waals surface area contributed by atoms with Crippen molar-refractivity contribution in [1.82, 2.24) is 0 Å². The van der Waals surface area contributed by atoms with Gasteiger partial charge in [0.1, 0.15) is 0 Å². The van der Waals surface area contributed by atoms with Crippen LogP contribution in [0, 0.1) is 41.5 Å². The third-order valence-corrected chi connectivity index (χ3v) is 15.4. The topological polar surface area (TPSA) is 6.48 Å². The summed E-state index contributed by atoms with van der Waals surface area (Å²) in [6, 6.07) is 43.4. The normalized spacial score (nSPS) is 19.5. The molecule has 0 amide bonds. The first-order valence-electron chi connectivity index (χ1n) is 23.7. The molecule has 0 unspecified atom stereocenters. The number of aryl methyl sites for hydroxylation is 6. The number of nitrogens with zero attached hydrogens (tertiary/aromatic N) is 2. The molecule has 0 radical (unpaired) electrons. The van der Waals surface area contributed by atoms with Crippen LogP contribution in [-0.4, -0.2) is 0 Å². The molecule has 2 saturated carbocycles. The Bertz CT molecular complexity index is 2420. The summed E-state index contributed by atoms with van der Waals surface area (Å²) in [5, 5.41) is 0. The zero-order valence-electron chi connectivity index (χ0n) is 39.9. The average molecular weight is 819 g/mol. The second-order valence-electron chi connectivity index (χ2n) is 21.8. The van der Waals surface area contributed by atoms with Crippen molar-refractivity contribution in [2.24, 2.45) is 0 Å². The fourth-order valence-corrected chi connectivity index (χ4v) is 12.3. The molecule has 3 aliphatic rings. The lowest BCUT2D eigenvalue weighted by Gasteiger charge is -2.61. The van der Waals surface area contributed by atoms with Crippen LogP contribution in [0.25, 0.3) is 11.1 Å². The molecule has 3 aliphatic carbocycles. The number of fused-ring (bicyclic) bond motifs is 3. The SMILES string of the molecule is Cc1ccc(N(c2ccc3c(c2)[C@]24CCCC[C@]2(CCCC4)c2cc(N(c4ccc(C)cc4)c4c(C)cc(C(C)(C)C)cc4C)ccc2-3)c2c(C)cc(C(C)(C)C)cc2C)cc1. The van der Waals surface area contributed by atoms with Crippen LogP contribution in [0.2, 0.25) is 0 Å². The molecular formula is C60H70N2. The Morgan fingerprint density at radius 2 is 0.661 bits per heavy atom. The molecular weight excluding hydrogens is 749 g/mol. The maximum Gasteiger partial charge on any atom is 0.0520 e. The smallest absolute Gasteiger partial charge is 0.0520 e. The van der Waals surface area contributed by atoms with Gasteiger partial charge in [0.15, 0.2) is 0 Å². The maximum absolute atomic E-state index is 2.66. The van der Waals surface area contributed by atoms with E-state index in [1.54, 1.807) is 11.1 Å². The van der Waals surface area contributed by atoms with E-state index in [0.29, 0.717) is 0 Å². The minimum absolute atomic E-state index is 0.0813. The predicted octanol–water partition coefficient (Wildman–Crippen LogP) is 17.4. The summed E-state index contributed by atoms with van der Waals surface area (Å²) in [7, 11) is 0. The van der Waals surface area contributed by atoms with Crippen LogP contribution in [0.1, 0.15) is 149 Å². The molecule has 0 bridgehead atoms. The molecule has 62 heavy (non-hydrogen) atoms. The highest BCUT2D eigenvalue weighted by Gasteiger charge is 2.59. The van der Waals surface area contributed by atoms with Crippen LogP contribution in [0.15, 0.2) is 109 Å². The molecule has 0 aromatic heterocycles. The third kappa shape index (κ3) is 6.92. The maximum atomic E-state index is 2.66. The average Bonchev–Trinajstić information content (AvgIpc) is 3.23. The molecule has 0 N–H and O–H groups in total. The van der Waals surface area contributed by atoms with E-state index in [1.165, 1.54) is 141 Å². The first kappa shape index (κ1) is 42.2. The number of hydrogen-bond donors (Lipinski definition) is 0. The summed E-state index contributed by atoms with van der Waals surface area (Å²) in [6.45, 7) is 27.6. The molecule has 0 heterocycles. The second kappa shape index (κ2) is 15.3. The quantitative estimate of drug-likeness (QED) is 0.165. The van der Waals surface area contributed by atoms with Gasteiger partial charge in [0.25, 0.3) is 0 Å². The standard InChI is InChI=1S/C60H70N2/c1-39-17-21-47(22-18-39)61(55-41(3)33-45(34-42(55)4)57(7,8)9)49-25-27-51-52-28-26-50(38-54(52)60-31-15-13-29-59(60,53(51)37-49)30-14-16-32-60)62(48-23-19-40(2)20-24-48)56-43(5)35-46(36-44(56)6)58(10,11)12/h17-28,33-38H,13-16,29-32H2,1-12H3/t59-,60+. The van der Waals surface area contributed by atoms with Crippen LogP contribution in [0.4, 0.5) is 34.1 Å².